The van der Waals surface area contributed by atoms with Crippen molar-refractivity contribution in [1.29, 1.82) is 0 Å². The second kappa shape index (κ2) is 7.17. The highest BCUT2D eigenvalue weighted by molar-refractivity contribution is 6.31. The van der Waals surface area contributed by atoms with Crippen molar-refractivity contribution in [2.24, 2.45) is 0 Å². The summed E-state index contributed by atoms with van der Waals surface area (Å²) in [5.74, 6) is -3.49. The second-order valence-corrected chi connectivity index (χ2v) is 5.15. The van der Waals surface area contributed by atoms with Crippen LogP contribution in [0.15, 0.2) is 18.2 Å². The van der Waals surface area contributed by atoms with Crippen molar-refractivity contribution in [2.75, 3.05) is 6.54 Å². The molecule has 1 fully saturated rings. The molecular formula is C12H13Cl2F2N3O3. The van der Waals surface area contributed by atoms with Crippen molar-refractivity contribution in [2.45, 2.75) is 24.9 Å². The molecule has 22 heavy (non-hydrogen) atoms. The third-order valence-electron chi connectivity index (χ3n) is 3.12. The maximum atomic E-state index is 13.0. The van der Waals surface area contributed by atoms with Crippen molar-refractivity contribution in [1.82, 2.24) is 10.6 Å². The van der Waals surface area contributed by atoms with Crippen LogP contribution in [0.4, 0.5) is 14.5 Å². The van der Waals surface area contributed by atoms with Gasteiger partial charge >= 0.3 is 0 Å². The van der Waals surface area contributed by atoms with E-state index in [4.69, 9.17) is 11.6 Å². The van der Waals surface area contributed by atoms with Crippen molar-refractivity contribution in [3.63, 3.8) is 0 Å². The average Bonchev–Trinajstić information content (AvgIpc) is 2.77. The van der Waals surface area contributed by atoms with Crippen LogP contribution in [0.1, 0.15) is 12.0 Å². The summed E-state index contributed by atoms with van der Waals surface area (Å²) in [6.45, 7) is -0.605. The average molecular weight is 356 g/mol. The lowest BCUT2D eigenvalue weighted by Gasteiger charge is -2.12. The molecular weight excluding hydrogens is 343 g/mol. The number of alkyl halides is 2. The molecule has 0 aromatic heterocycles. The molecule has 1 amide bonds. The van der Waals surface area contributed by atoms with E-state index < -0.39 is 35.8 Å². The van der Waals surface area contributed by atoms with Crippen LogP contribution in [0, 0.1) is 10.1 Å². The zero-order valence-electron chi connectivity index (χ0n) is 11.1. The number of amides is 1. The van der Waals surface area contributed by atoms with Gasteiger partial charge in [-0.1, -0.05) is 11.6 Å². The highest BCUT2D eigenvalue weighted by Gasteiger charge is 2.42. The molecule has 2 N–H and O–H groups in total. The van der Waals surface area contributed by atoms with Gasteiger partial charge in [-0.15, -0.1) is 12.4 Å². The predicted octanol–water partition coefficient (Wildman–Crippen LogP) is 2.28. The van der Waals surface area contributed by atoms with E-state index in [0.29, 0.717) is 5.56 Å². The monoisotopic (exact) mass is 355 g/mol. The summed E-state index contributed by atoms with van der Waals surface area (Å²) in [5, 5.41) is 15.8. The van der Waals surface area contributed by atoms with Crippen LogP contribution < -0.4 is 10.6 Å². The Bertz CT molecular complexity index is 587. The van der Waals surface area contributed by atoms with Gasteiger partial charge in [-0.2, -0.15) is 0 Å². The second-order valence-electron chi connectivity index (χ2n) is 4.74. The lowest BCUT2D eigenvalue weighted by molar-refractivity contribution is -0.384. The topological polar surface area (TPSA) is 84.3 Å². The molecule has 1 aromatic rings. The van der Waals surface area contributed by atoms with Crippen molar-refractivity contribution in [3.8, 4) is 0 Å². The van der Waals surface area contributed by atoms with Gasteiger partial charge < -0.3 is 5.32 Å². The molecule has 1 heterocycles. The summed E-state index contributed by atoms with van der Waals surface area (Å²) in [6.07, 6.45) is -0.568. The molecule has 6 nitrogen and oxygen atoms in total. The quantitative estimate of drug-likeness (QED) is 0.640. The van der Waals surface area contributed by atoms with Crippen LogP contribution in [0.25, 0.3) is 0 Å². The minimum absolute atomic E-state index is 0. The van der Waals surface area contributed by atoms with Gasteiger partial charge in [-0.25, -0.2) is 8.78 Å². The fourth-order valence-electron chi connectivity index (χ4n) is 2.02. The molecule has 0 radical (unpaired) electrons. The Morgan fingerprint density at radius 1 is 1.55 bits per heavy atom. The maximum absolute atomic E-state index is 13.0. The third-order valence-corrected chi connectivity index (χ3v) is 3.49. The van der Waals surface area contributed by atoms with Crippen LogP contribution in [-0.2, 0) is 11.3 Å². The molecule has 1 aliphatic heterocycles. The number of nitro benzene ring substituents is 1. The highest BCUT2D eigenvalue weighted by atomic mass is 35.5. The normalized spacial score (nSPS) is 19.3. The van der Waals surface area contributed by atoms with Crippen molar-refractivity contribution >= 4 is 35.6 Å². The smallest absolute Gasteiger partial charge is 0.269 e. The molecule has 2 rings (SSSR count). The number of carbonyl (C=O) groups excluding carboxylic acids is 1. The number of non-ortho nitro benzene ring substituents is 1. The van der Waals surface area contributed by atoms with Gasteiger partial charge in [-0.05, 0) is 11.6 Å². The number of benzene rings is 1. The van der Waals surface area contributed by atoms with E-state index in [1.807, 2.05) is 0 Å². The Morgan fingerprint density at radius 2 is 2.23 bits per heavy atom. The lowest BCUT2D eigenvalue weighted by atomic mass is 10.1. The largest absolute Gasteiger partial charge is 0.351 e. The molecule has 1 aromatic carbocycles. The molecule has 1 saturated heterocycles. The first-order chi connectivity index (χ1) is 9.78. The Kier molecular flexibility index (Phi) is 6.04. The number of carbonyl (C=O) groups is 1. The van der Waals surface area contributed by atoms with E-state index >= 15 is 0 Å². The fourth-order valence-corrected chi connectivity index (χ4v) is 2.20. The SMILES string of the molecule is Cl.O=C(NCc1cc([N+](=O)[O-])ccc1Cl)C1CC(F)(F)CN1. The van der Waals surface area contributed by atoms with Gasteiger partial charge in [0.1, 0.15) is 0 Å². The molecule has 0 aliphatic carbocycles. The number of nitrogens with one attached hydrogen (secondary N) is 2. The summed E-state index contributed by atoms with van der Waals surface area (Å²) < 4.78 is 26.0. The van der Waals surface area contributed by atoms with Crippen molar-refractivity contribution in [3.05, 3.63) is 38.9 Å². The molecule has 1 atom stereocenters. The van der Waals surface area contributed by atoms with Gasteiger partial charge in [0, 0.05) is 30.1 Å². The van der Waals surface area contributed by atoms with Crippen LogP contribution in [-0.4, -0.2) is 29.3 Å². The zero-order valence-corrected chi connectivity index (χ0v) is 12.7. The van der Waals surface area contributed by atoms with E-state index in [9.17, 15) is 23.7 Å². The standard InChI is InChI=1S/C12H12ClF2N3O3.ClH/c13-9-2-1-8(18(20)21)3-7(9)5-16-11(19)10-4-12(14,15)6-17-10;/h1-3,10,17H,4-6H2,(H,16,19);1H. The number of halogens is 4. The Balaban J connectivity index is 0.00000242. The number of nitro groups is 1. The Hall–Kier alpha value is -1.51. The number of hydrogen-bond donors (Lipinski definition) is 2. The van der Waals surface area contributed by atoms with Gasteiger partial charge in [0.15, 0.2) is 0 Å². The Morgan fingerprint density at radius 3 is 2.77 bits per heavy atom. The fraction of sp³-hybridized carbons (Fsp3) is 0.417. The molecule has 0 saturated carbocycles. The minimum Gasteiger partial charge on any atom is -0.351 e. The molecule has 0 bridgehead atoms. The summed E-state index contributed by atoms with van der Waals surface area (Å²) in [5.41, 5.74) is 0.193. The van der Waals surface area contributed by atoms with Gasteiger partial charge in [0.2, 0.25) is 5.91 Å². The summed E-state index contributed by atoms with van der Waals surface area (Å²) in [7, 11) is 0. The van der Waals surface area contributed by atoms with Crippen LogP contribution in [0.5, 0.6) is 0 Å². The molecule has 122 valence electrons. The predicted molar refractivity (Wildman–Crippen MR) is 78.6 cm³/mol. The van der Waals surface area contributed by atoms with Gasteiger partial charge in [-0.3, -0.25) is 20.2 Å². The van der Waals surface area contributed by atoms with Crippen LogP contribution >= 0.6 is 24.0 Å². The third kappa shape index (κ3) is 4.49. The van der Waals surface area contributed by atoms with E-state index in [0.717, 1.165) is 0 Å². The van der Waals surface area contributed by atoms with Gasteiger partial charge in [0.25, 0.3) is 11.6 Å². The van der Waals surface area contributed by atoms with E-state index in [2.05, 4.69) is 10.6 Å². The highest BCUT2D eigenvalue weighted by Crippen LogP contribution is 2.25. The molecule has 1 aliphatic rings. The lowest BCUT2D eigenvalue weighted by Crippen LogP contribution is -2.40. The van der Waals surface area contributed by atoms with Gasteiger partial charge in [0.05, 0.1) is 17.5 Å². The molecule has 10 heteroatoms. The number of hydrogen-bond acceptors (Lipinski definition) is 4. The van der Waals surface area contributed by atoms with Crippen LogP contribution in [0.3, 0.4) is 0 Å². The molecule has 0 spiro atoms. The Labute approximate surface area is 135 Å². The molecule has 1 unspecified atom stereocenters. The first-order valence-electron chi connectivity index (χ1n) is 6.10. The summed E-state index contributed by atoms with van der Waals surface area (Å²) in [4.78, 5) is 21.8. The maximum Gasteiger partial charge on any atom is 0.269 e. The van der Waals surface area contributed by atoms with Crippen LogP contribution in [0.2, 0.25) is 5.02 Å². The first-order valence-corrected chi connectivity index (χ1v) is 6.48. The van der Waals surface area contributed by atoms with E-state index in [1.54, 1.807) is 0 Å². The summed E-state index contributed by atoms with van der Waals surface area (Å²) >= 11 is 5.88. The number of rotatable bonds is 4. The van der Waals surface area contributed by atoms with E-state index in [-0.39, 0.29) is 29.7 Å². The van der Waals surface area contributed by atoms with E-state index in [1.165, 1.54) is 18.2 Å². The zero-order chi connectivity index (χ0) is 15.6. The number of nitrogens with zero attached hydrogens (tertiary/aromatic N) is 1. The van der Waals surface area contributed by atoms with Crippen molar-refractivity contribution < 1.29 is 18.5 Å². The first kappa shape index (κ1) is 18.5. The minimum atomic E-state index is -2.90. The summed E-state index contributed by atoms with van der Waals surface area (Å²) in [6, 6.07) is 2.85.